The number of nitrogens with zero attached hydrogens (tertiary/aromatic N) is 1. The van der Waals surface area contributed by atoms with Gasteiger partial charge in [0.05, 0.1) is 0 Å². The van der Waals surface area contributed by atoms with Gasteiger partial charge in [0.1, 0.15) is 11.5 Å². The summed E-state index contributed by atoms with van der Waals surface area (Å²) in [6.45, 7) is 4.41. The van der Waals surface area contributed by atoms with Crippen LogP contribution in [0, 0.1) is 5.92 Å². The Hall–Kier alpha value is -1.76. The zero-order valence-corrected chi connectivity index (χ0v) is 11.1. The molecular formula is C12H20N4O3. The van der Waals surface area contributed by atoms with Crippen LogP contribution in [-0.2, 0) is 11.3 Å². The monoisotopic (exact) mass is 268 g/mol. The predicted molar refractivity (Wildman–Crippen MR) is 73.4 cm³/mol. The van der Waals surface area contributed by atoms with Crippen molar-refractivity contribution < 1.29 is 4.74 Å². The van der Waals surface area contributed by atoms with E-state index in [4.69, 9.17) is 10.5 Å². The van der Waals surface area contributed by atoms with E-state index >= 15 is 0 Å². The molecule has 1 aliphatic rings. The Morgan fingerprint density at radius 3 is 2.74 bits per heavy atom. The first-order valence-corrected chi connectivity index (χ1v) is 6.57. The van der Waals surface area contributed by atoms with Crippen molar-refractivity contribution >= 4 is 11.5 Å². The smallest absolute Gasteiger partial charge is 0.330 e. The van der Waals surface area contributed by atoms with Crippen LogP contribution in [0.25, 0.3) is 0 Å². The minimum atomic E-state index is -0.471. The van der Waals surface area contributed by atoms with E-state index in [1.807, 2.05) is 0 Å². The van der Waals surface area contributed by atoms with Gasteiger partial charge in [0.25, 0.3) is 5.56 Å². The SMILES string of the molecule is CCn1c(N)c(NCC2CCOCC2)c(=O)[nH]c1=O. The third-order valence-electron chi connectivity index (χ3n) is 3.46. The van der Waals surface area contributed by atoms with Gasteiger partial charge in [-0.3, -0.25) is 14.3 Å². The van der Waals surface area contributed by atoms with Crippen LogP contribution in [0.1, 0.15) is 19.8 Å². The molecule has 106 valence electrons. The van der Waals surface area contributed by atoms with Crippen molar-refractivity contribution in [1.29, 1.82) is 0 Å². The molecule has 0 atom stereocenters. The fraction of sp³-hybridized carbons (Fsp3) is 0.667. The van der Waals surface area contributed by atoms with Crippen LogP contribution in [0.5, 0.6) is 0 Å². The first kappa shape index (κ1) is 13.7. The molecule has 4 N–H and O–H groups in total. The molecule has 2 rings (SSSR count). The lowest BCUT2D eigenvalue weighted by Gasteiger charge is -2.23. The molecule has 2 heterocycles. The van der Waals surface area contributed by atoms with Crippen molar-refractivity contribution in [3.63, 3.8) is 0 Å². The molecule has 0 aliphatic carbocycles. The first-order valence-electron chi connectivity index (χ1n) is 6.57. The number of anilines is 2. The molecule has 7 nitrogen and oxygen atoms in total. The number of nitrogen functional groups attached to an aromatic ring is 1. The van der Waals surface area contributed by atoms with Crippen molar-refractivity contribution in [3.8, 4) is 0 Å². The highest BCUT2D eigenvalue weighted by Gasteiger charge is 2.16. The first-order chi connectivity index (χ1) is 9.13. The zero-order valence-electron chi connectivity index (χ0n) is 11.1. The molecule has 0 radical (unpaired) electrons. The van der Waals surface area contributed by atoms with E-state index < -0.39 is 11.2 Å². The summed E-state index contributed by atoms with van der Waals surface area (Å²) in [5, 5.41) is 3.07. The number of nitrogens with two attached hydrogens (primary N) is 1. The third-order valence-corrected chi connectivity index (χ3v) is 3.46. The Morgan fingerprint density at radius 2 is 2.11 bits per heavy atom. The number of hydrogen-bond acceptors (Lipinski definition) is 5. The van der Waals surface area contributed by atoms with Gasteiger partial charge >= 0.3 is 5.69 Å². The molecular weight excluding hydrogens is 248 g/mol. The summed E-state index contributed by atoms with van der Waals surface area (Å²) in [6, 6.07) is 0. The number of aromatic nitrogens is 2. The summed E-state index contributed by atoms with van der Waals surface area (Å²) in [5.41, 5.74) is 5.22. The van der Waals surface area contributed by atoms with E-state index in [1.54, 1.807) is 6.92 Å². The van der Waals surface area contributed by atoms with Crippen LogP contribution in [0.15, 0.2) is 9.59 Å². The van der Waals surface area contributed by atoms with Crippen molar-refractivity contribution in [1.82, 2.24) is 9.55 Å². The minimum absolute atomic E-state index is 0.198. The number of rotatable bonds is 4. The lowest BCUT2D eigenvalue weighted by Crippen LogP contribution is -2.34. The summed E-state index contributed by atoms with van der Waals surface area (Å²) in [6.07, 6.45) is 1.94. The molecule has 19 heavy (non-hydrogen) atoms. The van der Waals surface area contributed by atoms with Crippen molar-refractivity contribution in [2.45, 2.75) is 26.3 Å². The molecule has 1 aromatic rings. The molecule has 1 aromatic heterocycles. The van der Waals surface area contributed by atoms with Crippen molar-refractivity contribution in [3.05, 3.63) is 20.8 Å². The van der Waals surface area contributed by atoms with Crippen LogP contribution in [0.2, 0.25) is 0 Å². The summed E-state index contributed by atoms with van der Waals surface area (Å²) in [4.78, 5) is 25.6. The maximum Gasteiger partial charge on any atom is 0.330 e. The summed E-state index contributed by atoms with van der Waals surface area (Å²) < 4.78 is 6.63. The minimum Gasteiger partial charge on any atom is -0.383 e. The molecule has 1 aliphatic heterocycles. The van der Waals surface area contributed by atoms with Crippen LogP contribution in [0.4, 0.5) is 11.5 Å². The molecule has 0 bridgehead atoms. The van der Waals surface area contributed by atoms with Crippen molar-refractivity contribution in [2.75, 3.05) is 30.8 Å². The Balaban J connectivity index is 2.15. The van der Waals surface area contributed by atoms with E-state index in [-0.39, 0.29) is 11.5 Å². The van der Waals surface area contributed by atoms with Gasteiger partial charge in [0, 0.05) is 26.3 Å². The van der Waals surface area contributed by atoms with E-state index in [1.165, 1.54) is 4.57 Å². The van der Waals surface area contributed by atoms with Gasteiger partial charge < -0.3 is 15.8 Å². The van der Waals surface area contributed by atoms with E-state index in [0.717, 1.165) is 26.1 Å². The normalized spacial score (nSPS) is 16.5. The number of nitrogens with one attached hydrogen (secondary N) is 2. The fourth-order valence-corrected chi connectivity index (χ4v) is 2.27. The van der Waals surface area contributed by atoms with Crippen LogP contribution >= 0.6 is 0 Å². The van der Waals surface area contributed by atoms with E-state index in [9.17, 15) is 9.59 Å². The largest absolute Gasteiger partial charge is 0.383 e. The molecule has 7 heteroatoms. The number of H-pyrrole nitrogens is 1. The average molecular weight is 268 g/mol. The highest BCUT2D eigenvalue weighted by Crippen LogP contribution is 2.16. The van der Waals surface area contributed by atoms with Gasteiger partial charge in [-0.2, -0.15) is 0 Å². The van der Waals surface area contributed by atoms with Gasteiger partial charge in [-0.15, -0.1) is 0 Å². The number of hydrogen-bond donors (Lipinski definition) is 3. The second-order valence-electron chi connectivity index (χ2n) is 4.70. The number of aromatic amines is 1. The van der Waals surface area contributed by atoms with E-state index in [0.29, 0.717) is 19.0 Å². The summed E-state index contributed by atoms with van der Waals surface area (Å²) in [7, 11) is 0. The third kappa shape index (κ3) is 2.98. The van der Waals surface area contributed by atoms with Crippen LogP contribution < -0.4 is 22.3 Å². The Labute approximate surface area is 110 Å². The highest BCUT2D eigenvalue weighted by molar-refractivity contribution is 5.60. The van der Waals surface area contributed by atoms with Gasteiger partial charge in [0.15, 0.2) is 0 Å². The van der Waals surface area contributed by atoms with Crippen LogP contribution in [0.3, 0.4) is 0 Å². The lowest BCUT2D eigenvalue weighted by atomic mass is 10.0. The molecule has 0 unspecified atom stereocenters. The molecule has 0 saturated carbocycles. The molecule has 1 saturated heterocycles. The zero-order chi connectivity index (χ0) is 13.8. The topological polar surface area (TPSA) is 102 Å². The quantitative estimate of drug-likeness (QED) is 0.712. The Bertz CT molecular complexity index is 543. The van der Waals surface area contributed by atoms with Crippen molar-refractivity contribution in [2.24, 2.45) is 5.92 Å². The fourth-order valence-electron chi connectivity index (χ4n) is 2.27. The highest BCUT2D eigenvalue weighted by atomic mass is 16.5. The molecule has 1 fully saturated rings. The second-order valence-corrected chi connectivity index (χ2v) is 4.70. The number of ether oxygens (including phenoxy) is 1. The Kier molecular flexibility index (Phi) is 4.26. The molecule has 0 amide bonds. The van der Waals surface area contributed by atoms with Gasteiger partial charge in [-0.25, -0.2) is 4.79 Å². The Morgan fingerprint density at radius 1 is 1.42 bits per heavy atom. The second kappa shape index (κ2) is 5.92. The van der Waals surface area contributed by atoms with E-state index in [2.05, 4.69) is 10.3 Å². The average Bonchev–Trinajstić information content (AvgIpc) is 2.39. The predicted octanol–water partition coefficient (Wildman–Crippen LogP) is -0.0228. The van der Waals surface area contributed by atoms with Gasteiger partial charge in [-0.05, 0) is 25.7 Å². The molecule has 0 spiro atoms. The van der Waals surface area contributed by atoms with Gasteiger partial charge in [-0.1, -0.05) is 0 Å². The van der Waals surface area contributed by atoms with Crippen LogP contribution in [-0.4, -0.2) is 29.3 Å². The summed E-state index contributed by atoms with van der Waals surface area (Å²) in [5.74, 6) is 0.665. The maximum absolute atomic E-state index is 11.8. The summed E-state index contributed by atoms with van der Waals surface area (Å²) >= 11 is 0. The standard InChI is InChI=1S/C12H20N4O3/c1-2-16-10(13)9(11(17)15-12(16)18)14-7-8-3-5-19-6-4-8/h8,14H,2-7,13H2,1H3,(H,15,17,18). The molecule has 0 aromatic carbocycles. The lowest BCUT2D eigenvalue weighted by molar-refractivity contribution is 0.0699. The van der Waals surface area contributed by atoms with Gasteiger partial charge in [0.2, 0.25) is 0 Å². The maximum atomic E-state index is 11.8.